The Bertz CT molecular complexity index is 747. The standard InChI is InChI=1S/C11H8O6S/c12-8-5-6-3-1-2-4-7(6)10(18(15,16)17)9(8)11(13)14/h1-5,12H,(H,13,14)(H,15,16,17). The monoisotopic (exact) mass is 268 g/mol. The lowest BCUT2D eigenvalue weighted by Gasteiger charge is -2.09. The summed E-state index contributed by atoms with van der Waals surface area (Å²) in [6.07, 6.45) is 0. The van der Waals surface area contributed by atoms with Crippen molar-refractivity contribution in [2.45, 2.75) is 4.90 Å². The minimum Gasteiger partial charge on any atom is -0.507 e. The molecule has 0 aliphatic heterocycles. The van der Waals surface area contributed by atoms with E-state index < -0.39 is 32.3 Å². The van der Waals surface area contributed by atoms with E-state index in [9.17, 15) is 18.3 Å². The van der Waals surface area contributed by atoms with Gasteiger partial charge in [-0.25, -0.2) is 4.79 Å². The Balaban J connectivity index is 3.09. The fourth-order valence-corrected chi connectivity index (χ4v) is 2.69. The predicted octanol–water partition coefficient (Wildman–Crippen LogP) is 1.49. The molecule has 0 saturated carbocycles. The molecule has 0 unspecified atom stereocenters. The number of carboxylic acid groups (broad SMARTS) is 1. The maximum atomic E-state index is 11.3. The van der Waals surface area contributed by atoms with E-state index in [4.69, 9.17) is 9.66 Å². The normalized spacial score (nSPS) is 11.6. The molecule has 2 rings (SSSR count). The molecule has 0 atom stereocenters. The zero-order valence-corrected chi connectivity index (χ0v) is 9.68. The zero-order chi connectivity index (χ0) is 13.5. The Morgan fingerprint density at radius 2 is 1.78 bits per heavy atom. The number of carbonyl (C=O) groups is 1. The number of phenols is 1. The van der Waals surface area contributed by atoms with E-state index >= 15 is 0 Å². The van der Waals surface area contributed by atoms with Gasteiger partial charge in [0, 0.05) is 5.39 Å². The summed E-state index contributed by atoms with van der Waals surface area (Å²) in [5, 5.41) is 18.9. The van der Waals surface area contributed by atoms with Crippen molar-refractivity contribution >= 4 is 26.9 Å². The molecule has 0 aliphatic rings. The second kappa shape index (κ2) is 3.97. The van der Waals surface area contributed by atoms with Gasteiger partial charge in [-0.1, -0.05) is 24.3 Å². The van der Waals surface area contributed by atoms with Gasteiger partial charge < -0.3 is 10.2 Å². The molecule has 3 N–H and O–H groups in total. The van der Waals surface area contributed by atoms with Gasteiger partial charge in [0.05, 0.1) is 0 Å². The van der Waals surface area contributed by atoms with E-state index in [1.807, 2.05) is 0 Å². The van der Waals surface area contributed by atoms with Crippen LogP contribution in [0.1, 0.15) is 10.4 Å². The van der Waals surface area contributed by atoms with Crippen LogP contribution in [0.5, 0.6) is 5.75 Å². The van der Waals surface area contributed by atoms with Crippen LogP contribution in [0.15, 0.2) is 35.2 Å². The van der Waals surface area contributed by atoms with Crippen LogP contribution in [0, 0.1) is 0 Å². The molecule has 0 radical (unpaired) electrons. The Kier molecular flexibility index (Phi) is 2.72. The largest absolute Gasteiger partial charge is 0.507 e. The van der Waals surface area contributed by atoms with Crippen LogP contribution in [-0.4, -0.2) is 29.2 Å². The van der Waals surface area contributed by atoms with Gasteiger partial charge in [-0.3, -0.25) is 4.55 Å². The fourth-order valence-electron chi connectivity index (χ4n) is 1.77. The van der Waals surface area contributed by atoms with E-state index in [-0.39, 0.29) is 5.39 Å². The number of benzene rings is 2. The molecule has 0 aliphatic carbocycles. The Labute approximate surface area is 102 Å². The quantitative estimate of drug-likeness (QED) is 0.711. The van der Waals surface area contributed by atoms with Crippen molar-refractivity contribution in [3.63, 3.8) is 0 Å². The SMILES string of the molecule is O=C(O)c1c(O)cc2ccccc2c1S(=O)(=O)O. The highest BCUT2D eigenvalue weighted by Crippen LogP contribution is 2.33. The number of carboxylic acids is 1. The van der Waals surface area contributed by atoms with Gasteiger partial charge in [0.15, 0.2) is 0 Å². The Morgan fingerprint density at radius 3 is 2.33 bits per heavy atom. The first-order chi connectivity index (χ1) is 8.32. The maximum Gasteiger partial charge on any atom is 0.340 e. The van der Waals surface area contributed by atoms with Crippen LogP contribution in [-0.2, 0) is 10.1 Å². The number of rotatable bonds is 2. The number of aromatic carboxylic acids is 1. The van der Waals surface area contributed by atoms with Gasteiger partial charge in [-0.15, -0.1) is 0 Å². The van der Waals surface area contributed by atoms with E-state index in [0.717, 1.165) is 6.07 Å². The third kappa shape index (κ3) is 1.89. The van der Waals surface area contributed by atoms with E-state index in [1.165, 1.54) is 18.2 Å². The third-order valence-corrected chi connectivity index (χ3v) is 3.39. The molecule has 0 aromatic heterocycles. The highest BCUT2D eigenvalue weighted by atomic mass is 32.2. The van der Waals surface area contributed by atoms with Crippen LogP contribution in [0.2, 0.25) is 0 Å². The molecule has 0 spiro atoms. The van der Waals surface area contributed by atoms with Crippen LogP contribution in [0.4, 0.5) is 0 Å². The molecule has 0 bridgehead atoms. The van der Waals surface area contributed by atoms with Crippen molar-refractivity contribution in [3.8, 4) is 5.75 Å². The summed E-state index contributed by atoms with van der Waals surface area (Å²) in [6.45, 7) is 0. The van der Waals surface area contributed by atoms with E-state index in [2.05, 4.69) is 0 Å². The van der Waals surface area contributed by atoms with Crippen LogP contribution in [0.3, 0.4) is 0 Å². The van der Waals surface area contributed by atoms with Crippen molar-refractivity contribution in [1.82, 2.24) is 0 Å². The summed E-state index contributed by atoms with van der Waals surface area (Å²) in [5.74, 6) is -2.35. The molecule has 0 amide bonds. The first-order valence-electron chi connectivity index (χ1n) is 4.78. The topological polar surface area (TPSA) is 112 Å². The van der Waals surface area contributed by atoms with E-state index in [1.54, 1.807) is 6.07 Å². The molecule has 0 saturated heterocycles. The van der Waals surface area contributed by atoms with Crippen LogP contribution >= 0.6 is 0 Å². The highest BCUT2D eigenvalue weighted by molar-refractivity contribution is 7.86. The zero-order valence-electron chi connectivity index (χ0n) is 8.86. The molecule has 0 heterocycles. The van der Waals surface area contributed by atoms with Crippen molar-refractivity contribution in [1.29, 1.82) is 0 Å². The minimum absolute atomic E-state index is 0.0372. The number of hydrogen-bond donors (Lipinski definition) is 3. The number of aromatic hydroxyl groups is 1. The van der Waals surface area contributed by atoms with E-state index in [0.29, 0.717) is 5.39 Å². The van der Waals surface area contributed by atoms with Crippen molar-refractivity contribution in [2.24, 2.45) is 0 Å². The van der Waals surface area contributed by atoms with Crippen molar-refractivity contribution in [3.05, 3.63) is 35.9 Å². The second-order valence-electron chi connectivity index (χ2n) is 3.60. The van der Waals surface area contributed by atoms with Gasteiger partial charge in [0.1, 0.15) is 16.2 Å². The van der Waals surface area contributed by atoms with Gasteiger partial charge in [-0.2, -0.15) is 8.42 Å². The summed E-state index contributed by atoms with van der Waals surface area (Å²) in [5.41, 5.74) is -0.837. The predicted molar refractivity (Wildman–Crippen MR) is 62.4 cm³/mol. The van der Waals surface area contributed by atoms with Crippen LogP contribution in [0.25, 0.3) is 10.8 Å². The third-order valence-electron chi connectivity index (χ3n) is 2.45. The molecule has 18 heavy (non-hydrogen) atoms. The van der Waals surface area contributed by atoms with Gasteiger partial charge in [0.2, 0.25) is 0 Å². The summed E-state index contributed by atoms with van der Waals surface area (Å²) in [7, 11) is -4.77. The lowest BCUT2D eigenvalue weighted by atomic mass is 10.1. The smallest absolute Gasteiger partial charge is 0.340 e. The minimum atomic E-state index is -4.77. The summed E-state index contributed by atoms with van der Waals surface area (Å²) in [4.78, 5) is 10.2. The summed E-state index contributed by atoms with van der Waals surface area (Å²) >= 11 is 0. The second-order valence-corrected chi connectivity index (χ2v) is 4.96. The fraction of sp³-hybridized carbons (Fsp3) is 0. The van der Waals surface area contributed by atoms with Crippen molar-refractivity contribution < 1.29 is 28.0 Å². The summed E-state index contributed by atoms with van der Waals surface area (Å²) in [6, 6.07) is 7.07. The maximum absolute atomic E-state index is 11.3. The number of fused-ring (bicyclic) bond motifs is 1. The molecular weight excluding hydrogens is 260 g/mol. The molecular formula is C11H8O6S. The van der Waals surface area contributed by atoms with Gasteiger partial charge >= 0.3 is 5.97 Å². The van der Waals surface area contributed by atoms with Crippen molar-refractivity contribution in [2.75, 3.05) is 0 Å². The Hall–Kier alpha value is -2.12. The highest BCUT2D eigenvalue weighted by Gasteiger charge is 2.26. The molecule has 0 fully saturated rings. The lowest BCUT2D eigenvalue weighted by molar-refractivity contribution is 0.0689. The van der Waals surface area contributed by atoms with Crippen LogP contribution < -0.4 is 0 Å². The average molecular weight is 268 g/mol. The molecule has 94 valence electrons. The Morgan fingerprint density at radius 1 is 1.17 bits per heavy atom. The molecule has 6 nitrogen and oxygen atoms in total. The molecule has 2 aromatic carbocycles. The number of hydrogen-bond acceptors (Lipinski definition) is 4. The lowest BCUT2D eigenvalue weighted by Crippen LogP contribution is -2.09. The average Bonchev–Trinajstić information content (AvgIpc) is 2.25. The molecule has 7 heteroatoms. The first kappa shape index (κ1) is 12.3. The first-order valence-corrected chi connectivity index (χ1v) is 6.22. The van der Waals surface area contributed by atoms with Gasteiger partial charge in [0.25, 0.3) is 10.1 Å². The van der Waals surface area contributed by atoms with Gasteiger partial charge in [-0.05, 0) is 11.5 Å². The summed E-state index contributed by atoms with van der Waals surface area (Å²) < 4.78 is 31.7. The molecule has 2 aromatic rings.